The van der Waals surface area contributed by atoms with Crippen molar-refractivity contribution in [2.45, 2.75) is 63.6 Å². The summed E-state index contributed by atoms with van der Waals surface area (Å²) in [5.74, 6) is 1.25. The van der Waals surface area contributed by atoms with Crippen molar-refractivity contribution in [1.29, 1.82) is 0 Å². The first kappa shape index (κ1) is 23.5. The number of anilines is 1. The highest BCUT2D eigenvalue weighted by Crippen LogP contribution is 2.29. The van der Waals surface area contributed by atoms with Crippen molar-refractivity contribution in [1.82, 2.24) is 14.8 Å². The monoisotopic (exact) mass is 462 g/mol. The van der Waals surface area contributed by atoms with Crippen molar-refractivity contribution in [3.8, 4) is 0 Å². The molecule has 2 heterocycles. The zero-order valence-electron chi connectivity index (χ0n) is 18.2. The molecule has 0 aromatic carbocycles. The van der Waals surface area contributed by atoms with Crippen LogP contribution in [0.25, 0.3) is 0 Å². The minimum atomic E-state index is -0.458. The van der Waals surface area contributed by atoms with Gasteiger partial charge in [0, 0.05) is 17.8 Å². The summed E-state index contributed by atoms with van der Waals surface area (Å²) in [7, 11) is 1.33. The van der Waals surface area contributed by atoms with Crippen molar-refractivity contribution in [3.63, 3.8) is 0 Å². The van der Waals surface area contributed by atoms with Gasteiger partial charge in [-0.05, 0) is 25.3 Å². The van der Waals surface area contributed by atoms with E-state index in [1.54, 1.807) is 6.07 Å². The van der Waals surface area contributed by atoms with Gasteiger partial charge in [-0.3, -0.25) is 4.79 Å². The van der Waals surface area contributed by atoms with Crippen LogP contribution in [0, 0.1) is 12.8 Å². The summed E-state index contributed by atoms with van der Waals surface area (Å²) in [6, 6.07) is 1.72. The maximum Gasteiger partial charge on any atom is 0.340 e. The average molecular weight is 463 g/mol. The first-order valence-corrected chi connectivity index (χ1v) is 12.5. The highest BCUT2D eigenvalue weighted by Gasteiger charge is 2.20. The predicted molar refractivity (Wildman–Crippen MR) is 125 cm³/mol. The van der Waals surface area contributed by atoms with Gasteiger partial charge in [-0.2, -0.15) is 0 Å². The van der Waals surface area contributed by atoms with Crippen LogP contribution in [0.4, 0.5) is 5.00 Å². The van der Waals surface area contributed by atoms with Gasteiger partial charge in [0.15, 0.2) is 5.16 Å². The fraction of sp³-hybridized carbons (Fsp3) is 0.545. The lowest BCUT2D eigenvalue weighted by molar-refractivity contribution is -0.113. The van der Waals surface area contributed by atoms with E-state index in [9.17, 15) is 9.59 Å². The summed E-state index contributed by atoms with van der Waals surface area (Å²) < 4.78 is 6.84. The van der Waals surface area contributed by atoms with Crippen molar-refractivity contribution < 1.29 is 14.3 Å². The van der Waals surface area contributed by atoms with Crippen molar-refractivity contribution in [3.05, 3.63) is 35.0 Å². The number of carbonyl (C=O) groups excluding carboxylic acids is 2. The van der Waals surface area contributed by atoms with Gasteiger partial charge in [0.25, 0.3) is 0 Å². The van der Waals surface area contributed by atoms with Crippen LogP contribution in [-0.2, 0) is 22.5 Å². The number of amides is 1. The number of nitrogens with zero attached hydrogens (tertiary/aromatic N) is 3. The standard InChI is InChI=1S/C22H30N4O3S2/c1-4-12-26-18(11-10-16-8-6-5-7-9-16)24-25-22(26)30-14-19(27)23-20-17(21(28)29-3)13-15(2)31-20/h4,13,16H,1,5-12,14H2,2-3H3,(H,23,27). The van der Waals surface area contributed by atoms with Gasteiger partial charge in [-0.25, -0.2) is 4.79 Å². The van der Waals surface area contributed by atoms with Crippen LogP contribution in [0.15, 0.2) is 23.9 Å². The van der Waals surface area contributed by atoms with Crippen LogP contribution in [-0.4, -0.2) is 39.5 Å². The molecule has 168 valence electrons. The van der Waals surface area contributed by atoms with Crippen LogP contribution in [0.5, 0.6) is 0 Å². The molecular formula is C22H30N4O3S2. The molecule has 0 spiro atoms. The van der Waals surface area contributed by atoms with E-state index < -0.39 is 5.97 Å². The molecule has 0 unspecified atom stereocenters. The van der Waals surface area contributed by atoms with E-state index in [1.165, 1.54) is 62.3 Å². The number of aryl methyl sites for hydroxylation is 2. The smallest absolute Gasteiger partial charge is 0.340 e. The second-order valence-electron chi connectivity index (χ2n) is 7.77. The number of allylic oxidation sites excluding steroid dienone is 1. The maximum atomic E-state index is 12.5. The minimum Gasteiger partial charge on any atom is -0.465 e. The molecule has 9 heteroatoms. The summed E-state index contributed by atoms with van der Waals surface area (Å²) in [5.41, 5.74) is 0.378. The number of methoxy groups -OCH3 is 1. The first-order valence-electron chi connectivity index (χ1n) is 10.7. The van der Waals surface area contributed by atoms with Crippen LogP contribution in [0.3, 0.4) is 0 Å². The Morgan fingerprint density at radius 1 is 1.35 bits per heavy atom. The molecule has 1 fully saturated rings. The molecule has 0 aliphatic heterocycles. The Bertz CT molecular complexity index is 916. The highest BCUT2D eigenvalue weighted by molar-refractivity contribution is 7.99. The molecular weight excluding hydrogens is 432 g/mol. The van der Waals surface area contributed by atoms with Crippen molar-refractivity contribution in [2.75, 3.05) is 18.2 Å². The Morgan fingerprint density at radius 3 is 2.84 bits per heavy atom. The van der Waals surface area contributed by atoms with E-state index in [0.717, 1.165) is 29.5 Å². The van der Waals surface area contributed by atoms with Gasteiger partial charge in [-0.1, -0.05) is 49.9 Å². The molecule has 1 N–H and O–H groups in total. The topological polar surface area (TPSA) is 86.1 Å². The normalized spacial score (nSPS) is 14.4. The van der Waals surface area contributed by atoms with Gasteiger partial charge in [0.1, 0.15) is 10.8 Å². The Balaban J connectivity index is 1.59. The van der Waals surface area contributed by atoms with Gasteiger partial charge >= 0.3 is 5.97 Å². The van der Waals surface area contributed by atoms with Crippen molar-refractivity contribution in [2.24, 2.45) is 5.92 Å². The number of hydrogen-bond acceptors (Lipinski definition) is 7. The van der Waals surface area contributed by atoms with Crippen molar-refractivity contribution >= 4 is 40.0 Å². The largest absolute Gasteiger partial charge is 0.465 e. The zero-order valence-corrected chi connectivity index (χ0v) is 19.8. The highest BCUT2D eigenvalue weighted by atomic mass is 32.2. The number of ether oxygens (including phenoxy) is 1. The van der Waals surface area contributed by atoms with E-state index in [0.29, 0.717) is 22.3 Å². The predicted octanol–water partition coefficient (Wildman–Crippen LogP) is 4.86. The van der Waals surface area contributed by atoms with E-state index in [4.69, 9.17) is 4.74 Å². The van der Waals surface area contributed by atoms with Gasteiger partial charge in [-0.15, -0.1) is 28.1 Å². The summed E-state index contributed by atoms with van der Waals surface area (Å²) in [6.07, 6.45) is 10.5. The van der Waals surface area contributed by atoms with Gasteiger partial charge in [0.05, 0.1) is 18.4 Å². The number of hydrogen-bond donors (Lipinski definition) is 1. The molecule has 1 aliphatic rings. The Labute approximate surface area is 191 Å². The van der Waals surface area contributed by atoms with Crippen LogP contribution < -0.4 is 5.32 Å². The second-order valence-corrected chi connectivity index (χ2v) is 9.97. The molecule has 0 bridgehead atoms. The molecule has 7 nitrogen and oxygen atoms in total. The Morgan fingerprint density at radius 2 is 2.13 bits per heavy atom. The Kier molecular flexibility index (Phi) is 8.71. The number of nitrogens with one attached hydrogen (secondary N) is 1. The summed E-state index contributed by atoms with van der Waals surface area (Å²) in [4.78, 5) is 25.3. The second kappa shape index (κ2) is 11.5. The molecule has 1 saturated carbocycles. The summed E-state index contributed by atoms with van der Waals surface area (Å²) >= 11 is 2.70. The number of thioether (sulfide) groups is 1. The average Bonchev–Trinajstić information content (AvgIpc) is 3.33. The lowest BCUT2D eigenvalue weighted by atomic mass is 9.86. The number of thiophene rings is 1. The fourth-order valence-electron chi connectivity index (χ4n) is 3.89. The lowest BCUT2D eigenvalue weighted by Gasteiger charge is -2.21. The summed E-state index contributed by atoms with van der Waals surface area (Å²) in [6.45, 7) is 6.35. The quantitative estimate of drug-likeness (QED) is 0.308. The Hall–Kier alpha value is -2.13. The number of esters is 1. The molecule has 0 radical (unpaired) electrons. The lowest BCUT2D eigenvalue weighted by Crippen LogP contribution is -2.16. The van der Waals surface area contributed by atoms with Crippen LogP contribution >= 0.6 is 23.1 Å². The molecule has 0 saturated heterocycles. The van der Waals surface area contributed by atoms with E-state index >= 15 is 0 Å². The van der Waals surface area contributed by atoms with E-state index in [1.807, 2.05) is 17.6 Å². The molecule has 0 atom stereocenters. The number of rotatable bonds is 10. The molecule has 31 heavy (non-hydrogen) atoms. The SMILES string of the molecule is C=CCn1c(CCC2CCCCC2)nnc1SCC(=O)Nc1sc(C)cc1C(=O)OC. The van der Waals surface area contributed by atoms with E-state index in [2.05, 4.69) is 22.1 Å². The zero-order chi connectivity index (χ0) is 22.2. The molecule has 1 amide bonds. The van der Waals surface area contributed by atoms with Crippen LogP contribution in [0.1, 0.15) is 59.6 Å². The molecule has 1 aliphatic carbocycles. The first-order chi connectivity index (χ1) is 15.0. The fourth-order valence-corrected chi connectivity index (χ4v) is 5.58. The molecule has 2 aromatic heterocycles. The third-order valence-electron chi connectivity index (χ3n) is 5.45. The van der Waals surface area contributed by atoms with Crippen LogP contribution in [0.2, 0.25) is 0 Å². The third kappa shape index (κ3) is 6.43. The van der Waals surface area contributed by atoms with Gasteiger partial charge in [0.2, 0.25) is 5.91 Å². The minimum absolute atomic E-state index is 0.176. The van der Waals surface area contributed by atoms with Gasteiger partial charge < -0.3 is 14.6 Å². The van der Waals surface area contributed by atoms with E-state index in [-0.39, 0.29) is 11.7 Å². The number of aromatic nitrogens is 3. The maximum absolute atomic E-state index is 12.5. The molecule has 2 aromatic rings. The third-order valence-corrected chi connectivity index (χ3v) is 7.38. The number of carbonyl (C=O) groups is 2. The summed E-state index contributed by atoms with van der Waals surface area (Å²) in [5, 5.41) is 12.7. The molecule has 3 rings (SSSR count).